The van der Waals surface area contributed by atoms with Crippen molar-refractivity contribution in [2.45, 2.75) is 45.4 Å². The van der Waals surface area contributed by atoms with E-state index in [4.69, 9.17) is 0 Å². The summed E-state index contributed by atoms with van der Waals surface area (Å²) >= 11 is 1.48. The van der Waals surface area contributed by atoms with Gasteiger partial charge in [-0.15, -0.1) is 11.3 Å². The summed E-state index contributed by atoms with van der Waals surface area (Å²) in [6, 6.07) is 11.5. The number of benzene rings is 1. The molecule has 0 atom stereocenters. The number of anilines is 2. The van der Waals surface area contributed by atoms with Crippen molar-refractivity contribution in [1.82, 2.24) is 0 Å². The SMILES string of the molecule is Cc1ccc(C(=O)CCC(=O)Nc2ccc(NCC3CCCC3)cc2)s1. The van der Waals surface area contributed by atoms with E-state index in [0.717, 1.165) is 33.6 Å². The standard InChI is InChI=1S/C21H26N2O2S/c1-15-6-12-20(26-15)19(24)11-13-21(25)23-18-9-7-17(8-10-18)22-14-16-4-2-3-5-16/h6-10,12,16,22H,2-5,11,13-14H2,1H3,(H,23,25). The molecule has 1 fully saturated rings. The minimum absolute atomic E-state index is 0.0321. The van der Waals surface area contributed by atoms with Gasteiger partial charge in [-0.1, -0.05) is 12.8 Å². The van der Waals surface area contributed by atoms with Crippen molar-refractivity contribution in [3.63, 3.8) is 0 Å². The molecule has 1 aliphatic rings. The fourth-order valence-electron chi connectivity index (χ4n) is 3.31. The van der Waals surface area contributed by atoms with Crippen molar-refractivity contribution in [2.75, 3.05) is 17.2 Å². The highest BCUT2D eigenvalue weighted by atomic mass is 32.1. The Morgan fingerprint density at radius 3 is 2.35 bits per heavy atom. The molecule has 4 nitrogen and oxygen atoms in total. The van der Waals surface area contributed by atoms with E-state index < -0.39 is 0 Å². The average molecular weight is 371 g/mol. The van der Waals surface area contributed by atoms with Gasteiger partial charge in [-0.25, -0.2) is 0 Å². The number of amides is 1. The summed E-state index contributed by atoms with van der Waals surface area (Å²) in [5.74, 6) is 0.696. The second-order valence-corrected chi connectivity index (χ2v) is 8.28. The molecule has 2 N–H and O–H groups in total. The number of nitrogens with one attached hydrogen (secondary N) is 2. The maximum Gasteiger partial charge on any atom is 0.224 e. The minimum atomic E-state index is -0.127. The largest absolute Gasteiger partial charge is 0.385 e. The Morgan fingerprint density at radius 1 is 1.00 bits per heavy atom. The van der Waals surface area contributed by atoms with E-state index in [1.54, 1.807) is 0 Å². The van der Waals surface area contributed by atoms with Gasteiger partial charge in [-0.3, -0.25) is 9.59 Å². The Labute approximate surface area is 159 Å². The Morgan fingerprint density at radius 2 is 1.69 bits per heavy atom. The number of aryl methyl sites for hydroxylation is 1. The van der Waals surface area contributed by atoms with E-state index in [2.05, 4.69) is 10.6 Å². The van der Waals surface area contributed by atoms with Crippen LogP contribution in [0, 0.1) is 12.8 Å². The molecule has 0 saturated heterocycles. The molecule has 5 heteroatoms. The van der Waals surface area contributed by atoms with Crippen LogP contribution < -0.4 is 10.6 Å². The minimum Gasteiger partial charge on any atom is -0.385 e. The van der Waals surface area contributed by atoms with Crippen LogP contribution in [0.15, 0.2) is 36.4 Å². The smallest absolute Gasteiger partial charge is 0.224 e. The molecule has 1 aliphatic carbocycles. The van der Waals surface area contributed by atoms with Gasteiger partial charge in [0.15, 0.2) is 5.78 Å². The number of carbonyl (C=O) groups excluding carboxylic acids is 2. The van der Waals surface area contributed by atoms with E-state index in [9.17, 15) is 9.59 Å². The number of rotatable bonds is 8. The number of carbonyl (C=O) groups is 2. The van der Waals surface area contributed by atoms with Gasteiger partial charge in [-0.2, -0.15) is 0 Å². The third-order valence-electron chi connectivity index (χ3n) is 4.83. The summed E-state index contributed by atoms with van der Waals surface area (Å²) < 4.78 is 0. The molecule has 0 unspecified atom stereocenters. The lowest BCUT2D eigenvalue weighted by Gasteiger charge is -2.12. The van der Waals surface area contributed by atoms with E-state index in [1.807, 2.05) is 43.3 Å². The zero-order chi connectivity index (χ0) is 18.4. The molecule has 1 heterocycles. The second kappa shape index (κ2) is 8.99. The maximum atomic E-state index is 12.1. The predicted octanol–water partition coefficient (Wildman–Crippen LogP) is 5.26. The highest BCUT2D eigenvalue weighted by Crippen LogP contribution is 2.25. The van der Waals surface area contributed by atoms with Gasteiger partial charge in [0.2, 0.25) is 5.91 Å². The summed E-state index contributed by atoms with van der Waals surface area (Å²) in [6.45, 7) is 3.00. The van der Waals surface area contributed by atoms with Crippen LogP contribution in [-0.4, -0.2) is 18.2 Å². The molecule has 2 aromatic rings. The zero-order valence-corrected chi connectivity index (χ0v) is 16.0. The molecule has 0 radical (unpaired) electrons. The van der Waals surface area contributed by atoms with Crippen LogP contribution in [0.1, 0.15) is 53.1 Å². The first-order valence-corrected chi connectivity index (χ1v) is 10.2. The molecule has 26 heavy (non-hydrogen) atoms. The van der Waals surface area contributed by atoms with Gasteiger partial charge < -0.3 is 10.6 Å². The van der Waals surface area contributed by atoms with Crippen molar-refractivity contribution in [2.24, 2.45) is 5.92 Å². The van der Waals surface area contributed by atoms with Gasteiger partial charge in [0.25, 0.3) is 0 Å². The molecule has 0 aliphatic heterocycles. The van der Waals surface area contributed by atoms with Crippen LogP contribution in [0.5, 0.6) is 0 Å². The number of Topliss-reactive ketones (excluding diaryl/α,β-unsaturated/α-hetero) is 1. The Bertz CT molecular complexity index is 746. The summed E-state index contributed by atoms with van der Waals surface area (Å²) in [5, 5.41) is 6.33. The third-order valence-corrected chi connectivity index (χ3v) is 5.87. The lowest BCUT2D eigenvalue weighted by molar-refractivity contribution is -0.116. The zero-order valence-electron chi connectivity index (χ0n) is 15.2. The van der Waals surface area contributed by atoms with Gasteiger partial charge in [0, 0.05) is 35.6 Å². The highest BCUT2D eigenvalue weighted by molar-refractivity contribution is 7.14. The van der Waals surface area contributed by atoms with Crippen molar-refractivity contribution in [3.8, 4) is 0 Å². The third kappa shape index (κ3) is 5.43. The number of ketones is 1. The normalized spacial score (nSPS) is 14.3. The highest BCUT2D eigenvalue weighted by Gasteiger charge is 2.14. The predicted molar refractivity (Wildman–Crippen MR) is 108 cm³/mol. The van der Waals surface area contributed by atoms with E-state index >= 15 is 0 Å². The fourth-order valence-corrected chi connectivity index (χ4v) is 4.14. The fraction of sp³-hybridized carbons (Fsp3) is 0.429. The van der Waals surface area contributed by atoms with Crippen molar-refractivity contribution >= 4 is 34.4 Å². The molecule has 138 valence electrons. The van der Waals surface area contributed by atoms with Gasteiger partial charge in [0.1, 0.15) is 0 Å². The molecule has 3 rings (SSSR count). The number of thiophene rings is 1. The van der Waals surface area contributed by atoms with Crippen LogP contribution >= 0.6 is 11.3 Å². The Balaban J connectivity index is 1.41. The molecule has 0 bridgehead atoms. The molecule has 0 spiro atoms. The summed E-state index contributed by atoms with van der Waals surface area (Å²) in [5.41, 5.74) is 1.85. The summed E-state index contributed by atoms with van der Waals surface area (Å²) in [7, 11) is 0. The van der Waals surface area contributed by atoms with Gasteiger partial charge >= 0.3 is 0 Å². The molecular formula is C21H26N2O2S. The van der Waals surface area contributed by atoms with Gasteiger partial charge in [-0.05, 0) is 62.1 Å². The quantitative estimate of drug-likeness (QED) is 0.623. The van der Waals surface area contributed by atoms with Crippen molar-refractivity contribution in [3.05, 3.63) is 46.2 Å². The van der Waals surface area contributed by atoms with Crippen molar-refractivity contribution < 1.29 is 9.59 Å². The number of hydrogen-bond acceptors (Lipinski definition) is 4. The molecule has 1 amide bonds. The van der Waals surface area contributed by atoms with E-state index in [-0.39, 0.29) is 24.5 Å². The average Bonchev–Trinajstić information content (AvgIpc) is 3.31. The van der Waals surface area contributed by atoms with Crippen LogP contribution in [-0.2, 0) is 4.79 Å². The second-order valence-electron chi connectivity index (χ2n) is 6.99. The first-order chi connectivity index (χ1) is 12.6. The van der Waals surface area contributed by atoms with E-state index in [0.29, 0.717) is 0 Å². The van der Waals surface area contributed by atoms with Crippen LogP contribution in [0.3, 0.4) is 0 Å². The molecule has 1 aromatic carbocycles. The lowest BCUT2D eigenvalue weighted by atomic mass is 10.1. The summed E-state index contributed by atoms with van der Waals surface area (Å²) in [4.78, 5) is 26.0. The van der Waals surface area contributed by atoms with Crippen LogP contribution in [0.4, 0.5) is 11.4 Å². The first-order valence-electron chi connectivity index (χ1n) is 9.33. The first kappa shape index (κ1) is 18.6. The topological polar surface area (TPSA) is 58.2 Å². The van der Waals surface area contributed by atoms with Crippen molar-refractivity contribution in [1.29, 1.82) is 0 Å². The number of hydrogen-bond donors (Lipinski definition) is 2. The lowest BCUT2D eigenvalue weighted by Crippen LogP contribution is -2.13. The van der Waals surface area contributed by atoms with Crippen LogP contribution in [0.2, 0.25) is 0 Å². The van der Waals surface area contributed by atoms with Gasteiger partial charge in [0.05, 0.1) is 4.88 Å². The molecular weight excluding hydrogens is 344 g/mol. The van der Waals surface area contributed by atoms with Crippen LogP contribution in [0.25, 0.3) is 0 Å². The Hall–Kier alpha value is -2.14. The summed E-state index contributed by atoms with van der Waals surface area (Å²) in [6.07, 6.45) is 5.80. The molecule has 1 aromatic heterocycles. The Kier molecular flexibility index (Phi) is 6.45. The van der Waals surface area contributed by atoms with E-state index in [1.165, 1.54) is 37.0 Å². The molecule has 1 saturated carbocycles. The monoisotopic (exact) mass is 370 g/mol. The maximum absolute atomic E-state index is 12.1.